The molecule has 0 saturated carbocycles. The summed E-state index contributed by atoms with van der Waals surface area (Å²) in [6.45, 7) is 1.72. The van der Waals surface area contributed by atoms with E-state index in [-0.39, 0.29) is 17.4 Å². The van der Waals surface area contributed by atoms with Crippen LogP contribution in [0.2, 0.25) is 0 Å². The van der Waals surface area contributed by atoms with Crippen LogP contribution in [0.4, 0.5) is 5.69 Å². The molecule has 1 aromatic rings. The number of fused-ring (bicyclic) bond motifs is 1. The second kappa shape index (κ2) is 4.08. The summed E-state index contributed by atoms with van der Waals surface area (Å²) in [7, 11) is 0. The molecule has 19 heavy (non-hydrogen) atoms. The van der Waals surface area contributed by atoms with Crippen molar-refractivity contribution in [3.63, 3.8) is 0 Å². The van der Waals surface area contributed by atoms with Gasteiger partial charge in [0.1, 0.15) is 6.04 Å². The molecule has 1 aromatic heterocycles. The van der Waals surface area contributed by atoms with Crippen molar-refractivity contribution < 1.29 is 10.2 Å². The van der Waals surface area contributed by atoms with E-state index in [1.165, 1.54) is 0 Å². The lowest BCUT2D eigenvalue weighted by molar-refractivity contribution is 0.0266. The van der Waals surface area contributed by atoms with Crippen LogP contribution in [0.1, 0.15) is 18.7 Å². The Morgan fingerprint density at radius 1 is 1.16 bits per heavy atom. The lowest BCUT2D eigenvalue weighted by atomic mass is 10.00. The highest BCUT2D eigenvalue weighted by atomic mass is 16.3. The summed E-state index contributed by atoms with van der Waals surface area (Å²) in [6.07, 6.45) is -1.98. The zero-order chi connectivity index (χ0) is 13.7. The van der Waals surface area contributed by atoms with Crippen molar-refractivity contribution >= 4 is 5.69 Å². The van der Waals surface area contributed by atoms with Crippen LogP contribution in [-0.2, 0) is 0 Å². The Bertz CT molecular complexity index is 650. The molecule has 1 fully saturated rings. The summed E-state index contributed by atoms with van der Waals surface area (Å²) in [6, 6.07) is -1.61. The number of nitrogens with one attached hydrogen (secondary N) is 3. The van der Waals surface area contributed by atoms with Crippen molar-refractivity contribution in [1.29, 1.82) is 0 Å². The number of aliphatic hydroxyl groups is 2. The Morgan fingerprint density at radius 2 is 1.89 bits per heavy atom. The first-order chi connectivity index (χ1) is 8.99. The fourth-order valence-electron chi connectivity index (χ4n) is 2.53. The molecule has 9 nitrogen and oxygen atoms in total. The molecule has 3 heterocycles. The van der Waals surface area contributed by atoms with Crippen LogP contribution in [0, 0.1) is 0 Å². The van der Waals surface area contributed by atoms with E-state index >= 15 is 0 Å². The number of aliphatic hydroxyl groups excluding tert-OH is 2. The lowest BCUT2D eigenvalue weighted by Gasteiger charge is -2.19. The standard InChI is InChI=1S/C10H13N5O4/c1-2-7(16)8(17)5(11-2)4-3-6(15-14-4)9(18)13-10(19)12-3/h2,4-5,7-8,11,16-17H,1H3,(H2,12,13,18,19)/t2-,4?,5+,7-,8+/m1/s1. The maximum Gasteiger partial charge on any atom is 0.326 e. The smallest absolute Gasteiger partial charge is 0.326 e. The van der Waals surface area contributed by atoms with Gasteiger partial charge in [-0.3, -0.25) is 9.78 Å². The first-order valence-electron chi connectivity index (χ1n) is 5.88. The van der Waals surface area contributed by atoms with Crippen molar-refractivity contribution in [2.45, 2.75) is 37.3 Å². The zero-order valence-corrected chi connectivity index (χ0v) is 9.99. The van der Waals surface area contributed by atoms with E-state index in [4.69, 9.17) is 0 Å². The van der Waals surface area contributed by atoms with Crippen LogP contribution in [0.5, 0.6) is 0 Å². The molecule has 9 heteroatoms. The molecule has 0 bridgehead atoms. The maximum absolute atomic E-state index is 11.5. The van der Waals surface area contributed by atoms with Gasteiger partial charge in [0.15, 0.2) is 5.69 Å². The molecule has 0 radical (unpaired) electrons. The van der Waals surface area contributed by atoms with Crippen LogP contribution in [0.15, 0.2) is 19.8 Å². The van der Waals surface area contributed by atoms with Gasteiger partial charge in [0.05, 0.1) is 23.9 Å². The lowest BCUT2D eigenvalue weighted by Crippen LogP contribution is -2.38. The van der Waals surface area contributed by atoms with Gasteiger partial charge in [-0.05, 0) is 6.92 Å². The summed E-state index contributed by atoms with van der Waals surface area (Å²) < 4.78 is 0. The van der Waals surface area contributed by atoms with Crippen molar-refractivity contribution in [3.05, 3.63) is 26.5 Å². The van der Waals surface area contributed by atoms with Gasteiger partial charge < -0.3 is 20.5 Å². The highest BCUT2D eigenvalue weighted by Crippen LogP contribution is 2.36. The SMILES string of the molecule is C[C@H]1N[C@@H](C2N=Nc3c2[nH]c(=O)[nH]c3=O)[C@H](O)[C@@H]1O. The molecule has 5 N–H and O–H groups in total. The predicted octanol–water partition coefficient (Wildman–Crippen LogP) is -1.72. The summed E-state index contributed by atoms with van der Waals surface area (Å²) in [5.41, 5.74) is -0.979. The van der Waals surface area contributed by atoms with Crippen LogP contribution in [-0.4, -0.2) is 44.5 Å². The van der Waals surface area contributed by atoms with Crippen molar-refractivity contribution in [3.8, 4) is 0 Å². The Balaban J connectivity index is 2.02. The fourth-order valence-corrected chi connectivity index (χ4v) is 2.53. The van der Waals surface area contributed by atoms with Crippen molar-refractivity contribution in [2.75, 3.05) is 0 Å². The Morgan fingerprint density at radius 3 is 2.53 bits per heavy atom. The Labute approximate surface area is 106 Å². The number of hydrogen-bond donors (Lipinski definition) is 5. The number of H-pyrrole nitrogens is 2. The zero-order valence-electron chi connectivity index (χ0n) is 9.99. The monoisotopic (exact) mass is 267 g/mol. The third kappa shape index (κ3) is 1.74. The van der Waals surface area contributed by atoms with Gasteiger partial charge in [-0.25, -0.2) is 4.79 Å². The van der Waals surface area contributed by atoms with E-state index in [0.29, 0.717) is 0 Å². The first-order valence-corrected chi connectivity index (χ1v) is 5.88. The summed E-state index contributed by atoms with van der Waals surface area (Å²) in [4.78, 5) is 27.4. The van der Waals surface area contributed by atoms with E-state index in [1.807, 2.05) is 0 Å². The normalized spacial score (nSPS) is 36.7. The number of azo groups is 1. The van der Waals surface area contributed by atoms with E-state index in [1.54, 1.807) is 6.92 Å². The molecule has 0 spiro atoms. The van der Waals surface area contributed by atoms with Crippen LogP contribution in [0.25, 0.3) is 0 Å². The minimum atomic E-state index is -1.05. The highest BCUT2D eigenvalue weighted by molar-refractivity contribution is 5.44. The predicted molar refractivity (Wildman–Crippen MR) is 63.3 cm³/mol. The Hall–Kier alpha value is -1.84. The molecule has 0 aliphatic carbocycles. The number of aromatic nitrogens is 2. The number of hydrogen-bond acceptors (Lipinski definition) is 7. The molecular formula is C10H13N5O4. The summed E-state index contributed by atoms with van der Waals surface area (Å²) in [5, 5.41) is 30.3. The average Bonchev–Trinajstić information content (AvgIpc) is 2.86. The largest absolute Gasteiger partial charge is 0.389 e. The quantitative estimate of drug-likeness (QED) is 0.411. The average molecular weight is 267 g/mol. The number of aromatic amines is 2. The highest BCUT2D eigenvalue weighted by Gasteiger charge is 2.45. The van der Waals surface area contributed by atoms with Crippen LogP contribution in [0.3, 0.4) is 0 Å². The van der Waals surface area contributed by atoms with Gasteiger partial charge in [0.25, 0.3) is 5.56 Å². The van der Waals surface area contributed by atoms with E-state index in [2.05, 4.69) is 25.5 Å². The maximum atomic E-state index is 11.5. The van der Waals surface area contributed by atoms with Gasteiger partial charge in [-0.2, -0.15) is 5.11 Å². The van der Waals surface area contributed by atoms with E-state index in [9.17, 15) is 19.8 Å². The molecule has 5 atom stereocenters. The van der Waals surface area contributed by atoms with Gasteiger partial charge in [-0.15, -0.1) is 5.11 Å². The molecule has 0 aromatic carbocycles. The summed E-state index contributed by atoms with van der Waals surface area (Å²) in [5.74, 6) is 0. The molecule has 2 aliphatic heterocycles. The number of rotatable bonds is 1. The van der Waals surface area contributed by atoms with Gasteiger partial charge in [0.2, 0.25) is 0 Å². The summed E-state index contributed by atoms with van der Waals surface area (Å²) >= 11 is 0. The molecule has 1 unspecified atom stereocenters. The van der Waals surface area contributed by atoms with Gasteiger partial charge >= 0.3 is 5.69 Å². The van der Waals surface area contributed by atoms with Gasteiger partial charge in [0, 0.05) is 6.04 Å². The van der Waals surface area contributed by atoms with E-state index < -0.39 is 35.5 Å². The Kier molecular flexibility index (Phi) is 2.62. The van der Waals surface area contributed by atoms with E-state index in [0.717, 1.165) is 0 Å². The fraction of sp³-hybridized carbons (Fsp3) is 0.600. The topological polar surface area (TPSA) is 143 Å². The molecule has 1 saturated heterocycles. The molecule has 3 rings (SSSR count). The first kappa shape index (κ1) is 12.2. The van der Waals surface area contributed by atoms with Gasteiger partial charge in [-0.1, -0.05) is 0 Å². The molecule has 102 valence electrons. The molecular weight excluding hydrogens is 254 g/mol. The minimum absolute atomic E-state index is 0.0349. The second-order valence-electron chi connectivity index (χ2n) is 4.79. The van der Waals surface area contributed by atoms with Crippen LogP contribution >= 0.6 is 0 Å². The third-order valence-corrected chi connectivity index (χ3v) is 3.55. The molecule has 0 amide bonds. The number of nitrogens with zero attached hydrogens (tertiary/aromatic N) is 2. The van der Waals surface area contributed by atoms with Crippen LogP contribution < -0.4 is 16.6 Å². The molecule has 2 aliphatic rings. The third-order valence-electron chi connectivity index (χ3n) is 3.55. The second-order valence-corrected chi connectivity index (χ2v) is 4.79. The van der Waals surface area contributed by atoms with Crippen molar-refractivity contribution in [2.24, 2.45) is 10.2 Å². The minimum Gasteiger partial charge on any atom is -0.389 e. The van der Waals surface area contributed by atoms with Crippen molar-refractivity contribution in [1.82, 2.24) is 15.3 Å².